The molecule has 3 rings (SSSR count). The normalized spacial score (nSPS) is 14.1. The van der Waals surface area contributed by atoms with E-state index in [-0.39, 0.29) is 18.4 Å². The minimum atomic E-state index is -0.280. The molecule has 2 amide bonds. The van der Waals surface area contributed by atoms with Crippen LogP contribution in [0.1, 0.15) is 43.9 Å². The minimum absolute atomic E-state index is 0.00843. The van der Waals surface area contributed by atoms with Crippen molar-refractivity contribution in [3.63, 3.8) is 0 Å². The monoisotopic (exact) mass is 340 g/mol. The van der Waals surface area contributed by atoms with E-state index in [9.17, 15) is 9.59 Å². The number of carbonyl (C=O) groups is 2. The van der Waals surface area contributed by atoms with E-state index in [1.165, 1.54) is 6.08 Å². The third-order valence-electron chi connectivity index (χ3n) is 4.24. The van der Waals surface area contributed by atoms with Gasteiger partial charge in [0.05, 0.1) is 6.54 Å². The second kappa shape index (κ2) is 8.01. The zero-order chi connectivity index (χ0) is 17.6. The summed E-state index contributed by atoms with van der Waals surface area (Å²) in [5.74, 6) is 0.484. The lowest BCUT2D eigenvalue weighted by molar-refractivity contribution is -0.124. The minimum Gasteiger partial charge on any atom is -0.460 e. The lowest BCUT2D eigenvalue weighted by Crippen LogP contribution is -2.37. The number of para-hydroxylation sites is 1. The summed E-state index contributed by atoms with van der Waals surface area (Å²) >= 11 is 0. The summed E-state index contributed by atoms with van der Waals surface area (Å²) in [6.45, 7) is 2.15. The first-order chi connectivity index (χ1) is 12.2. The highest BCUT2D eigenvalue weighted by Gasteiger charge is 2.23. The summed E-state index contributed by atoms with van der Waals surface area (Å²) in [5.41, 5.74) is 1.78. The third-order valence-corrected chi connectivity index (χ3v) is 4.24. The van der Waals surface area contributed by atoms with Crippen LogP contribution in [-0.2, 0) is 16.0 Å². The first-order valence-electron chi connectivity index (χ1n) is 8.93. The Balaban J connectivity index is 1.66. The molecule has 25 heavy (non-hydrogen) atoms. The van der Waals surface area contributed by atoms with Crippen molar-refractivity contribution in [1.29, 1.82) is 0 Å². The van der Waals surface area contributed by atoms with E-state index in [4.69, 9.17) is 4.42 Å². The van der Waals surface area contributed by atoms with E-state index < -0.39 is 0 Å². The molecule has 1 fully saturated rings. The average Bonchev–Trinajstić information content (AvgIpc) is 3.35. The van der Waals surface area contributed by atoms with Crippen LogP contribution >= 0.6 is 0 Å². The smallest absolute Gasteiger partial charge is 0.244 e. The molecule has 1 heterocycles. The van der Waals surface area contributed by atoms with Crippen LogP contribution in [-0.4, -0.2) is 24.4 Å². The number of hydrogen-bond donors (Lipinski definition) is 2. The topological polar surface area (TPSA) is 71.3 Å². The number of hydrogen-bond acceptors (Lipinski definition) is 3. The molecule has 0 spiro atoms. The zero-order valence-corrected chi connectivity index (χ0v) is 14.5. The van der Waals surface area contributed by atoms with Gasteiger partial charge in [-0.15, -0.1) is 0 Å². The average molecular weight is 340 g/mol. The zero-order valence-electron chi connectivity index (χ0n) is 14.5. The molecule has 2 N–H and O–H groups in total. The largest absolute Gasteiger partial charge is 0.460 e. The Kier molecular flexibility index (Phi) is 5.53. The van der Waals surface area contributed by atoms with Gasteiger partial charge in [-0.3, -0.25) is 9.59 Å². The molecule has 0 atom stereocenters. The molecule has 0 unspecified atom stereocenters. The molecule has 1 saturated carbocycles. The Morgan fingerprint density at radius 1 is 1.28 bits per heavy atom. The molecule has 1 aromatic heterocycles. The number of amides is 2. The fourth-order valence-electron chi connectivity index (χ4n) is 2.71. The Labute approximate surface area is 147 Å². The molecule has 2 aromatic rings. The summed E-state index contributed by atoms with van der Waals surface area (Å²) in [4.78, 5) is 23.6. The molecule has 5 heteroatoms. The van der Waals surface area contributed by atoms with Gasteiger partial charge in [0.1, 0.15) is 11.3 Å². The van der Waals surface area contributed by atoms with Gasteiger partial charge >= 0.3 is 0 Å². The van der Waals surface area contributed by atoms with Gasteiger partial charge in [0, 0.05) is 29.5 Å². The standard InChI is InChI=1S/C20H24N2O3/c1-2-3-7-17-16(15-6-4-5-8-18(15)25-17)11-12-19(23)21-13-20(24)22-14-9-10-14/h4-6,8,11-12,14H,2-3,7,9-10,13H2,1H3,(H,21,23)(H,22,24)/b12-11+. The van der Waals surface area contributed by atoms with Crippen LogP contribution in [0.4, 0.5) is 0 Å². The first-order valence-corrected chi connectivity index (χ1v) is 8.93. The summed E-state index contributed by atoms with van der Waals surface area (Å²) in [6.07, 6.45) is 8.28. The maximum Gasteiger partial charge on any atom is 0.244 e. The van der Waals surface area contributed by atoms with Crippen LogP contribution in [0.3, 0.4) is 0 Å². The lowest BCUT2D eigenvalue weighted by Gasteiger charge is -2.03. The van der Waals surface area contributed by atoms with Crippen molar-refractivity contribution in [2.24, 2.45) is 0 Å². The lowest BCUT2D eigenvalue weighted by atomic mass is 10.1. The second-order valence-electron chi connectivity index (χ2n) is 6.43. The Morgan fingerprint density at radius 2 is 2.08 bits per heavy atom. The van der Waals surface area contributed by atoms with Crippen LogP contribution in [0.15, 0.2) is 34.8 Å². The summed E-state index contributed by atoms with van der Waals surface area (Å²) in [7, 11) is 0. The van der Waals surface area contributed by atoms with Gasteiger partial charge in [0.2, 0.25) is 11.8 Å². The van der Waals surface area contributed by atoms with E-state index >= 15 is 0 Å². The van der Waals surface area contributed by atoms with Crippen LogP contribution in [0.25, 0.3) is 17.0 Å². The summed E-state index contributed by atoms with van der Waals surface area (Å²) < 4.78 is 5.94. The predicted molar refractivity (Wildman–Crippen MR) is 98.0 cm³/mol. The van der Waals surface area contributed by atoms with Crippen molar-refractivity contribution in [3.8, 4) is 0 Å². The second-order valence-corrected chi connectivity index (χ2v) is 6.43. The molecule has 1 aromatic carbocycles. The molecule has 1 aliphatic rings. The molecule has 0 aliphatic heterocycles. The van der Waals surface area contributed by atoms with Gasteiger partial charge in [-0.2, -0.15) is 0 Å². The van der Waals surface area contributed by atoms with Crippen molar-refractivity contribution in [2.45, 2.75) is 45.1 Å². The predicted octanol–water partition coefficient (Wildman–Crippen LogP) is 3.18. The Morgan fingerprint density at radius 3 is 2.84 bits per heavy atom. The number of carbonyl (C=O) groups excluding carboxylic acids is 2. The highest BCUT2D eigenvalue weighted by atomic mass is 16.3. The van der Waals surface area contributed by atoms with E-state index in [1.54, 1.807) is 6.08 Å². The molecule has 132 valence electrons. The maximum atomic E-state index is 12.0. The van der Waals surface area contributed by atoms with Crippen molar-refractivity contribution in [2.75, 3.05) is 6.54 Å². The Bertz CT molecular complexity index is 787. The van der Waals surface area contributed by atoms with Gasteiger partial charge in [0.25, 0.3) is 0 Å². The van der Waals surface area contributed by atoms with Gasteiger partial charge < -0.3 is 15.1 Å². The van der Waals surface area contributed by atoms with E-state index in [0.29, 0.717) is 6.04 Å². The molecule has 1 aliphatic carbocycles. The highest BCUT2D eigenvalue weighted by Crippen LogP contribution is 2.28. The van der Waals surface area contributed by atoms with Crippen molar-refractivity contribution in [3.05, 3.63) is 41.7 Å². The Hall–Kier alpha value is -2.56. The van der Waals surface area contributed by atoms with Crippen LogP contribution < -0.4 is 10.6 Å². The van der Waals surface area contributed by atoms with Gasteiger partial charge in [-0.25, -0.2) is 0 Å². The molecular formula is C20H24N2O3. The maximum absolute atomic E-state index is 12.0. The number of benzene rings is 1. The van der Waals surface area contributed by atoms with Crippen LogP contribution in [0, 0.1) is 0 Å². The van der Waals surface area contributed by atoms with E-state index in [0.717, 1.165) is 54.4 Å². The van der Waals surface area contributed by atoms with Crippen LogP contribution in [0.5, 0.6) is 0 Å². The van der Waals surface area contributed by atoms with Crippen molar-refractivity contribution < 1.29 is 14.0 Å². The number of nitrogens with one attached hydrogen (secondary N) is 2. The van der Waals surface area contributed by atoms with Crippen molar-refractivity contribution >= 4 is 28.9 Å². The van der Waals surface area contributed by atoms with Gasteiger partial charge in [-0.05, 0) is 31.4 Å². The summed E-state index contributed by atoms with van der Waals surface area (Å²) in [5, 5.41) is 6.47. The number of fused-ring (bicyclic) bond motifs is 1. The van der Waals surface area contributed by atoms with E-state index in [1.807, 2.05) is 24.3 Å². The first kappa shape index (κ1) is 17.3. The SMILES string of the molecule is CCCCc1oc2ccccc2c1/C=C/C(=O)NCC(=O)NC1CC1. The fraction of sp³-hybridized carbons (Fsp3) is 0.400. The molecule has 0 bridgehead atoms. The molecule has 0 radical (unpaired) electrons. The number of furan rings is 1. The van der Waals surface area contributed by atoms with Gasteiger partial charge in [-0.1, -0.05) is 31.5 Å². The van der Waals surface area contributed by atoms with Gasteiger partial charge in [0.15, 0.2) is 0 Å². The number of unbranched alkanes of at least 4 members (excludes halogenated alkanes) is 1. The summed E-state index contributed by atoms with van der Waals surface area (Å²) in [6, 6.07) is 8.13. The van der Waals surface area contributed by atoms with Crippen LogP contribution in [0.2, 0.25) is 0 Å². The van der Waals surface area contributed by atoms with Crippen molar-refractivity contribution in [1.82, 2.24) is 10.6 Å². The third kappa shape index (κ3) is 4.72. The highest BCUT2D eigenvalue weighted by molar-refractivity contribution is 5.97. The van der Waals surface area contributed by atoms with E-state index in [2.05, 4.69) is 17.6 Å². The number of aryl methyl sites for hydroxylation is 1. The fourth-order valence-corrected chi connectivity index (χ4v) is 2.71. The molecular weight excluding hydrogens is 316 g/mol. The quantitative estimate of drug-likeness (QED) is 0.725. The molecule has 0 saturated heterocycles. The number of rotatable bonds is 8. The molecule has 5 nitrogen and oxygen atoms in total.